The fraction of sp³-hybridized carbons (Fsp3) is 0.235. The fourth-order valence-corrected chi connectivity index (χ4v) is 2.15. The van der Waals surface area contributed by atoms with Crippen LogP contribution in [-0.4, -0.2) is 26.7 Å². The zero-order valence-electron chi connectivity index (χ0n) is 13.5. The van der Waals surface area contributed by atoms with Gasteiger partial charge in [0.25, 0.3) is 0 Å². The van der Waals surface area contributed by atoms with Crippen molar-refractivity contribution in [2.75, 3.05) is 19.5 Å². The third kappa shape index (κ3) is 5.03. The van der Waals surface area contributed by atoms with Crippen LogP contribution in [0.15, 0.2) is 36.4 Å². The Hall–Kier alpha value is -2.90. The van der Waals surface area contributed by atoms with E-state index in [1.165, 1.54) is 44.6 Å². The Morgan fingerprint density at radius 3 is 2.32 bits per heavy atom. The zero-order chi connectivity index (χ0) is 18.4. The molecule has 0 aliphatic carbocycles. The second kappa shape index (κ2) is 8.27. The third-order valence-electron chi connectivity index (χ3n) is 3.24. The lowest BCUT2D eigenvalue weighted by molar-refractivity contribution is -0.115. The van der Waals surface area contributed by atoms with Crippen LogP contribution in [-0.2, 0) is 11.2 Å². The molecule has 0 aromatic heterocycles. The number of hydrogen-bond acceptors (Lipinski definition) is 4. The molecule has 2 aromatic rings. The molecule has 0 bridgehead atoms. The summed E-state index contributed by atoms with van der Waals surface area (Å²) in [4.78, 5) is 12.1. The van der Waals surface area contributed by atoms with Gasteiger partial charge in [0.2, 0.25) is 5.91 Å². The highest BCUT2D eigenvalue weighted by Gasteiger charge is 2.13. The van der Waals surface area contributed by atoms with Crippen LogP contribution in [0.5, 0.6) is 17.2 Å². The molecule has 8 heteroatoms. The van der Waals surface area contributed by atoms with E-state index in [9.17, 15) is 18.0 Å². The molecule has 1 N–H and O–H groups in total. The molecule has 0 aliphatic rings. The number of nitrogens with one attached hydrogen (secondary N) is 1. The largest absolute Gasteiger partial charge is 0.494 e. The number of benzene rings is 2. The molecule has 1 amide bonds. The molecule has 0 saturated carbocycles. The number of amides is 1. The van der Waals surface area contributed by atoms with Gasteiger partial charge < -0.3 is 19.5 Å². The highest BCUT2D eigenvalue weighted by Crippen LogP contribution is 2.31. The van der Waals surface area contributed by atoms with Gasteiger partial charge in [0.05, 0.1) is 20.6 Å². The maximum absolute atomic E-state index is 13.6. The maximum atomic E-state index is 13.6. The minimum absolute atomic E-state index is 0.0769. The number of ether oxygens (including phenoxy) is 3. The summed E-state index contributed by atoms with van der Waals surface area (Å²) in [6.45, 7) is -3.03. The fourth-order valence-electron chi connectivity index (χ4n) is 2.15. The van der Waals surface area contributed by atoms with Crippen molar-refractivity contribution in [1.82, 2.24) is 0 Å². The monoisotopic (exact) mass is 355 g/mol. The predicted octanol–water partition coefficient (Wildman–Crippen LogP) is 3.63. The highest BCUT2D eigenvalue weighted by molar-refractivity contribution is 5.92. The van der Waals surface area contributed by atoms with E-state index in [1.807, 2.05) is 0 Å². The number of anilines is 1. The summed E-state index contributed by atoms with van der Waals surface area (Å²) < 4.78 is 52.5. The van der Waals surface area contributed by atoms with Gasteiger partial charge >= 0.3 is 6.61 Å². The van der Waals surface area contributed by atoms with Crippen LogP contribution in [0.25, 0.3) is 0 Å². The summed E-state index contributed by atoms with van der Waals surface area (Å²) in [5.41, 5.74) is 0.684. The van der Waals surface area contributed by atoms with Crippen LogP contribution in [0.1, 0.15) is 5.56 Å². The number of halogens is 3. The van der Waals surface area contributed by atoms with Gasteiger partial charge in [-0.3, -0.25) is 4.79 Å². The van der Waals surface area contributed by atoms with E-state index in [2.05, 4.69) is 10.1 Å². The molecule has 2 aromatic carbocycles. The summed E-state index contributed by atoms with van der Waals surface area (Å²) in [6, 6.07) is 8.25. The van der Waals surface area contributed by atoms with Gasteiger partial charge in [0.1, 0.15) is 0 Å². The number of carbonyl (C=O) groups excluding carboxylic acids is 1. The molecule has 0 unspecified atom stereocenters. The Morgan fingerprint density at radius 2 is 1.72 bits per heavy atom. The van der Waals surface area contributed by atoms with Crippen molar-refractivity contribution in [3.05, 3.63) is 47.8 Å². The van der Waals surface area contributed by atoms with E-state index in [4.69, 9.17) is 9.47 Å². The summed E-state index contributed by atoms with van der Waals surface area (Å²) >= 11 is 0. The Morgan fingerprint density at radius 1 is 1.04 bits per heavy atom. The summed E-state index contributed by atoms with van der Waals surface area (Å²) in [7, 11) is 2.65. The standard InChI is InChI=1S/C17H16F3NO4/c1-23-13-5-3-10(7-12(13)18)8-16(22)21-11-4-6-14(24-2)15(9-11)25-17(19)20/h3-7,9,17H,8H2,1-2H3,(H,21,22). The first-order valence-electron chi connectivity index (χ1n) is 7.18. The van der Waals surface area contributed by atoms with Crippen molar-refractivity contribution in [2.45, 2.75) is 13.0 Å². The molecule has 0 fully saturated rings. The van der Waals surface area contributed by atoms with Crippen molar-refractivity contribution in [1.29, 1.82) is 0 Å². The quantitative estimate of drug-likeness (QED) is 0.824. The molecule has 0 heterocycles. The first-order valence-corrected chi connectivity index (χ1v) is 7.18. The van der Waals surface area contributed by atoms with Gasteiger partial charge in [-0.2, -0.15) is 8.78 Å². The van der Waals surface area contributed by atoms with Crippen molar-refractivity contribution in [3.8, 4) is 17.2 Å². The summed E-state index contributed by atoms with van der Waals surface area (Å²) in [5, 5.41) is 2.53. The van der Waals surface area contributed by atoms with Gasteiger partial charge in [-0.05, 0) is 29.8 Å². The lowest BCUT2D eigenvalue weighted by Crippen LogP contribution is -2.15. The van der Waals surface area contributed by atoms with Crippen LogP contribution >= 0.6 is 0 Å². The molecular formula is C17H16F3NO4. The van der Waals surface area contributed by atoms with Crippen LogP contribution in [0.4, 0.5) is 18.9 Å². The van der Waals surface area contributed by atoms with Gasteiger partial charge in [0.15, 0.2) is 23.1 Å². The smallest absolute Gasteiger partial charge is 0.387 e. The Kier molecular flexibility index (Phi) is 6.10. The van der Waals surface area contributed by atoms with Gasteiger partial charge in [-0.1, -0.05) is 6.07 Å². The summed E-state index contributed by atoms with van der Waals surface area (Å²) in [6.07, 6.45) is -0.0992. The zero-order valence-corrected chi connectivity index (χ0v) is 13.5. The molecule has 0 saturated heterocycles. The van der Waals surface area contributed by atoms with E-state index in [0.717, 1.165) is 0 Å². The molecule has 0 atom stereocenters. The molecule has 2 rings (SSSR count). The minimum Gasteiger partial charge on any atom is -0.494 e. The molecule has 0 aliphatic heterocycles. The topological polar surface area (TPSA) is 56.8 Å². The van der Waals surface area contributed by atoms with E-state index in [1.54, 1.807) is 6.07 Å². The maximum Gasteiger partial charge on any atom is 0.387 e. The lowest BCUT2D eigenvalue weighted by Gasteiger charge is -2.12. The van der Waals surface area contributed by atoms with Crippen molar-refractivity contribution >= 4 is 11.6 Å². The first kappa shape index (κ1) is 18.4. The number of methoxy groups -OCH3 is 2. The molecule has 0 spiro atoms. The van der Waals surface area contributed by atoms with Crippen molar-refractivity contribution < 1.29 is 32.2 Å². The van der Waals surface area contributed by atoms with Crippen LogP contribution in [0.3, 0.4) is 0 Å². The van der Waals surface area contributed by atoms with E-state index < -0.39 is 18.3 Å². The first-order chi connectivity index (χ1) is 11.9. The SMILES string of the molecule is COc1ccc(CC(=O)Nc2ccc(OC)c(OC(F)F)c2)cc1F. The predicted molar refractivity (Wildman–Crippen MR) is 84.9 cm³/mol. The van der Waals surface area contributed by atoms with Gasteiger partial charge in [0, 0.05) is 11.8 Å². The number of rotatable bonds is 7. The number of alkyl halides is 2. The second-order valence-corrected chi connectivity index (χ2v) is 4.94. The number of carbonyl (C=O) groups is 1. The highest BCUT2D eigenvalue weighted by atomic mass is 19.3. The lowest BCUT2D eigenvalue weighted by atomic mass is 10.1. The molecular weight excluding hydrogens is 339 g/mol. The number of hydrogen-bond donors (Lipinski definition) is 1. The van der Waals surface area contributed by atoms with E-state index >= 15 is 0 Å². The molecule has 0 radical (unpaired) electrons. The Labute approximate surface area is 142 Å². The minimum atomic E-state index is -3.03. The molecule has 134 valence electrons. The van der Waals surface area contributed by atoms with Crippen LogP contribution in [0.2, 0.25) is 0 Å². The van der Waals surface area contributed by atoms with Crippen LogP contribution < -0.4 is 19.5 Å². The summed E-state index contributed by atoms with van der Waals surface area (Å²) in [5.74, 6) is -1.04. The second-order valence-electron chi connectivity index (χ2n) is 4.94. The average Bonchev–Trinajstić information content (AvgIpc) is 2.54. The molecule has 5 nitrogen and oxygen atoms in total. The van der Waals surface area contributed by atoms with Gasteiger partial charge in [-0.25, -0.2) is 4.39 Å². The van der Waals surface area contributed by atoms with E-state index in [-0.39, 0.29) is 29.4 Å². The Balaban J connectivity index is 2.08. The average molecular weight is 355 g/mol. The van der Waals surface area contributed by atoms with E-state index in [0.29, 0.717) is 5.56 Å². The third-order valence-corrected chi connectivity index (χ3v) is 3.24. The molecule has 25 heavy (non-hydrogen) atoms. The van der Waals surface area contributed by atoms with Crippen LogP contribution in [0, 0.1) is 5.82 Å². The van der Waals surface area contributed by atoms with Crippen molar-refractivity contribution in [2.24, 2.45) is 0 Å². The Bertz CT molecular complexity index is 753. The van der Waals surface area contributed by atoms with Gasteiger partial charge in [-0.15, -0.1) is 0 Å². The van der Waals surface area contributed by atoms with Crippen molar-refractivity contribution in [3.63, 3.8) is 0 Å². The normalized spacial score (nSPS) is 10.5.